The molecule has 3 N–H and O–H groups in total. The summed E-state index contributed by atoms with van der Waals surface area (Å²) in [4.78, 5) is 0.0420. The predicted molar refractivity (Wildman–Crippen MR) is 69.0 cm³/mol. The van der Waals surface area contributed by atoms with Gasteiger partial charge in [0.05, 0.1) is 10.6 Å². The number of hydrogen-bond acceptors (Lipinski definition) is 4. The maximum atomic E-state index is 11.2. The number of sulfonamides is 2. The zero-order valence-corrected chi connectivity index (χ0v) is 11.6. The highest BCUT2D eigenvalue weighted by atomic mass is 32.2. The van der Waals surface area contributed by atoms with Gasteiger partial charge >= 0.3 is 0 Å². The fourth-order valence-electron chi connectivity index (χ4n) is 1.30. The summed E-state index contributed by atoms with van der Waals surface area (Å²) in [7, 11) is -6.87. The van der Waals surface area contributed by atoms with Gasteiger partial charge in [-0.15, -0.1) is 0 Å². The van der Waals surface area contributed by atoms with Gasteiger partial charge in [0.15, 0.2) is 0 Å². The summed E-state index contributed by atoms with van der Waals surface area (Å²) in [5.41, 5.74) is 0.834. The lowest BCUT2D eigenvalue weighted by molar-refractivity contribution is 0.583. The highest BCUT2D eigenvalue weighted by Gasteiger charge is 2.08. The third-order valence-corrected chi connectivity index (χ3v) is 4.70. The third-order valence-electron chi connectivity index (χ3n) is 2.37. The van der Waals surface area contributed by atoms with Crippen molar-refractivity contribution < 1.29 is 16.8 Å². The quantitative estimate of drug-likeness (QED) is 0.758. The third kappa shape index (κ3) is 4.73. The first-order valence-electron chi connectivity index (χ1n) is 5.33. The maximum absolute atomic E-state index is 11.2. The van der Waals surface area contributed by atoms with Gasteiger partial charge in [0.1, 0.15) is 0 Å². The standard InChI is InChI=1S/C10H16N2O4S2/c1-2-17(13,14)12-8-7-9-3-5-10(6-4-9)18(11,15)16/h3-6,12H,2,7-8H2,1H3,(H2,11,15,16). The first kappa shape index (κ1) is 15.1. The minimum absolute atomic E-state index is 0.0390. The molecule has 0 heterocycles. The molecule has 0 amide bonds. The number of nitrogens with two attached hydrogens (primary N) is 1. The SMILES string of the molecule is CCS(=O)(=O)NCCc1ccc(S(N)(=O)=O)cc1. The minimum atomic E-state index is -3.68. The van der Waals surface area contributed by atoms with Gasteiger partial charge in [-0.25, -0.2) is 26.7 Å². The number of rotatable bonds is 6. The van der Waals surface area contributed by atoms with Gasteiger partial charge in [0.25, 0.3) is 0 Å². The van der Waals surface area contributed by atoms with Crippen molar-refractivity contribution >= 4 is 20.0 Å². The average molecular weight is 292 g/mol. The van der Waals surface area contributed by atoms with E-state index >= 15 is 0 Å². The molecule has 8 heteroatoms. The molecule has 0 spiro atoms. The lowest BCUT2D eigenvalue weighted by Crippen LogP contribution is -2.27. The highest BCUT2D eigenvalue weighted by molar-refractivity contribution is 7.89. The van der Waals surface area contributed by atoms with Crippen LogP contribution >= 0.6 is 0 Å². The van der Waals surface area contributed by atoms with E-state index in [4.69, 9.17) is 5.14 Å². The van der Waals surface area contributed by atoms with Crippen LogP contribution in [0.25, 0.3) is 0 Å². The molecule has 0 aliphatic rings. The van der Waals surface area contributed by atoms with Crippen LogP contribution in [0.3, 0.4) is 0 Å². The summed E-state index contributed by atoms with van der Waals surface area (Å²) in [6, 6.07) is 6.03. The molecule has 0 saturated carbocycles. The Balaban J connectivity index is 2.61. The molecule has 0 bridgehead atoms. The first-order valence-corrected chi connectivity index (χ1v) is 8.53. The van der Waals surface area contributed by atoms with Crippen LogP contribution in [-0.2, 0) is 26.5 Å². The highest BCUT2D eigenvalue weighted by Crippen LogP contribution is 2.08. The van der Waals surface area contributed by atoms with E-state index in [0.29, 0.717) is 6.42 Å². The molecular formula is C10H16N2O4S2. The van der Waals surface area contributed by atoms with Crippen molar-refractivity contribution in [2.75, 3.05) is 12.3 Å². The second-order valence-corrected chi connectivity index (χ2v) is 7.39. The molecule has 1 rings (SSSR count). The van der Waals surface area contributed by atoms with Gasteiger partial charge in [0.2, 0.25) is 20.0 Å². The summed E-state index contributed by atoms with van der Waals surface area (Å²) in [6.45, 7) is 1.84. The molecule has 0 aliphatic heterocycles. The molecule has 0 aromatic heterocycles. The zero-order valence-electron chi connectivity index (χ0n) is 9.96. The molecule has 0 aliphatic carbocycles. The molecule has 0 saturated heterocycles. The van der Waals surface area contributed by atoms with Crippen molar-refractivity contribution in [2.24, 2.45) is 5.14 Å². The van der Waals surface area contributed by atoms with E-state index in [-0.39, 0.29) is 17.2 Å². The van der Waals surface area contributed by atoms with Crippen LogP contribution in [0.1, 0.15) is 12.5 Å². The molecule has 18 heavy (non-hydrogen) atoms. The monoisotopic (exact) mass is 292 g/mol. The van der Waals surface area contributed by atoms with Gasteiger partial charge < -0.3 is 0 Å². The van der Waals surface area contributed by atoms with Crippen LogP contribution in [0, 0.1) is 0 Å². The van der Waals surface area contributed by atoms with Crippen LogP contribution in [-0.4, -0.2) is 29.1 Å². The molecule has 1 aromatic rings. The summed E-state index contributed by atoms with van der Waals surface area (Å²) in [6.07, 6.45) is 0.490. The molecule has 0 radical (unpaired) electrons. The largest absolute Gasteiger partial charge is 0.238 e. The summed E-state index contributed by atoms with van der Waals surface area (Å²) in [5, 5.41) is 4.96. The fraction of sp³-hybridized carbons (Fsp3) is 0.400. The Bertz CT molecular complexity index is 591. The Morgan fingerprint density at radius 1 is 1.11 bits per heavy atom. The van der Waals surface area contributed by atoms with Crippen molar-refractivity contribution in [1.29, 1.82) is 0 Å². The van der Waals surface area contributed by atoms with Crippen LogP contribution < -0.4 is 9.86 Å². The van der Waals surface area contributed by atoms with E-state index in [1.807, 2.05) is 0 Å². The lowest BCUT2D eigenvalue weighted by atomic mass is 10.2. The van der Waals surface area contributed by atoms with Gasteiger partial charge in [0, 0.05) is 6.54 Å². The van der Waals surface area contributed by atoms with E-state index in [9.17, 15) is 16.8 Å². The summed E-state index contributed by atoms with van der Waals surface area (Å²) < 4.78 is 46.8. The van der Waals surface area contributed by atoms with Crippen molar-refractivity contribution in [3.8, 4) is 0 Å². The van der Waals surface area contributed by atoms with Crippen LogP contribution in [0.4, 0.5) is 0 Å². The molecule has 1 aromatic carbocycles. The number of primary sulfonamides is 1. The molecular weight excluding hydrogens is 276 g/mol. The second-order valence-electron chi connectivity index (χ2n) is 3.74. The molecule has 0 atom stereocenters. The van der Waals surface area contributed by atoms with Gasteiger partial charge in [-0.3, -0.25) is 0 Å². The Morgan fingerprint density at radius 3 is 2.11 bits per heavy atom. The molecule has 0 fully saturated rings. The van der Waals surface area contributed by atoms with Gasteiger partial charge in [-0.05, 0) is 31.0 Å². The van der Waals surface area contributed by atoms with Crippen molar-refractivity contribution in [3.05, 3.63) is 29.8 Å². The number of nitrogens with one attached hydrogen (secondary N) is 1. The Hall–Kier alpha value is -0.960. The van der Waals surface area contributed by atoms with Gasteiger partial charge in [-0.2, -0.15) is 0 Å². The Labute approximate surface area is 107 Å². The molecule has 0 unspecified atom stereocenters. The number of benzene rings is 1. The Morgan fingerprint density at radius 2 is 1.67 bits per heavy atom. The molecule has 6 nitrogen and oxygen atoms in total. The lowest BCUT2D eigenvalue weighted by Gasteiger charge is -2.05. The first-order chi connectivity index (χ1) is 8.24. The van der Waals surface area contributed by atoms with Crippen LogP contribution in [0.2, 0.25) is 0 Å². The van der Waals surface area contributed by atoms with E-state index in [2.05, 4.69) is 4.72 Å². The van der Waals surface area contributed by atoms with Crippen molar-refractivity contribution in [2.45, 2.75) is 18.2 Å². The van der Waals surface area contributed by atoms with Gasteiger partial charge in [-0.1, -0.05) is 12.1 Å². The number of hydrogen-bond donors (Lipinski definition) is 2. The Kier molecular flexibility index (Phi) is 4.85. The summed E-state index contributed by atoms with van der Waals surface area (Å²) in [5.74, 6) is 0.0390. The predicted octanol–water partition coefficient (Wildman–Crippen LogP) is -0.184. The average Bonchev–Trinajstić information content (AvgIpc) is 2.28. The topological polar surface area (TPSA) is 106 Å². The summed E-state index contributed by atoms with van der Waals surface area (Å²) >= 11 is 0. The van der Waals surface area contributed by atoms with Crippen molar-refractivity contribution in [1.82, 2.24) is 4.72 Å². The second kappa shape index (κ2) is 5.79. The van der Waals surface area contributed by atoms with E-state index in [1.165, 1.54) is 12.1 Å². The zero-order chi connectivity index (χ0) is 13.8. The minimum Gasteiger partial charge on any atom is -0.225 e. The van der Waals surface area contributed by atoms with Crippen molar-refractivity contribution in [3.63, 3.8) is 0 Å². The maximum Gasteiger partial charge on any atom is 0.238 e. The van der Waals surface area contributed by atoms with E-state index < -0.39 is 20.0 Å². The normalized spacial score (nSPS) is 12.6. The fourth-order valence-corrected chi connectivity index (χ4v) is 2.43. The van der Waals surface area contributed by atoms with E-state index in [0.717, 1.165) is 5.56 Å². The van der Waals surface area contributed by atoms with Crippen LogP contribution in [0.15, 0.2) is 29.2 Å². The molecule has 102 valence electrons. The smallest absolute Gasteiger partial charge is 0.225 e. The van der Waals surface area contributed by atoms with E-state index in [1.54, 1.807) is 19.1 Å². The van der Waals surface area contributed by atoms with Crippen LogP contribution in [0.5, 0.6) is 0 Å².